The van der Waals surface area contributed by atoms with Crippen LogP contribution in [0.5, 0.6) is 0 Å². The summed E-state index contributed by atoms with van der Waals surface area (Å²) >= 11 is 0. The van der Waals surface area contributed by atoms with Crippen molar-refractivity contribution < 1.29 is 19.4 Å². The quantitative estimate of drug-likeness (QED) is 0.834. The molecule has 7 heteroatoms. The van der Waals surface area contributed by atoms with Crippen LogP contribution in [0.1, 0.15) is 49.8 Å². The molecule has 1 aliphatic carbocycles. The van der Waals surface area contributed by atoms with Crippen molar-refractivity contribution >= 4 is 11.9 Å². The standard InChI is InChI=1S/C17H23N3O4/c21-7-6-20-14-11-19(10-12(14)9-18-20)16(23)13-8-15(22)24-17(13)4-2-1-3-5-17/h9,13,21H,1-8,10-11H2/t13-/m0/s1. The number of rotatable bonds is 3. The first-order valence-corrected chi connectivity index (χ1v) is 8.78. The molecule has 1 saturated carbocycles. The Labute approximate surface area is 140 Å². The van der Waals surface area contributed by atoms with Crippen LogP contribution in [0.25, 0.3) is 0 Å². The van der Waals surface area contributed by atoms with Gasteiger partial charge in [0.05, 0.1) is 43.9 Å². The van der Waals surface area contributed by atoms with Crippen molar-refractivity contribution in [3.05, 3.63) is 17.5 Å². The maximum absolute atomic E-state index is 13.1. The molecule has 1 aromatic rings. The van der Waals surface area contributed by atoms with Gasteiger partial charge in [0.25, 0.3) is 0 Å². The number of esters is 1. The van der Waals surface area contributed by atoms with Crippen molar-refractivity contribution in [3.63, 3.8) is 0 Å². The van der Waals surface area contributed by atoms with Gasteiger partial charge in [-0.3, -0.25) is 14.3 Å². The topological polar surface area (TPSA) is 84.7 Å². The zero-order valence-corrected chi connectivity index (χ0v) is 13.7. The van der Waals surface area contributed by atoms with E-state index in [9.17, 15) is 9.59 Å². The summed E-state index contributed by atoms with van der Waals surface area (Å²) in [6, 6.07) is 0. The van der Waals surface area contributed by atoms with E-state index < -0.39 is 5.60 Å². The maximum atomic E-state index is 13.1. The fourth-order valence-electron chi connectivity index (χ4n) is 4.48. The van der Waals surface area contributed by atoms with Crippen LogP contribution in [-0.2, 0) is 34.0 Å². The molecule has 3 aliphatic rings. The molecule has 0 bridgehead atoms. The van der Waals surface area contributed by atoms with Crippen molar-refractivity contribution in [3.8, 4) is 0 Å². The Kier molecular flexibility index (Phi) is 3.83. The SMILES string of the molecule is O=C1C[C@@H](C(=O)N2Cc3cnn(CCO)c3C2)C2(CCCCC2)O1. The van der Waals surface area contributed by atoms with Crippen molar-refractivity contribution in [2.45, 2.75) is 63.8 Å². The highest BCUT2D eigenvalue weighted by Gasteiger charge is 2.54. The van der Waals surface area contributed by atoms with Crippen LogP contribution in [0.15, 0.2) is 6.20 Å². The van der Waals surface area contributed by atoms with Gasteiger partial charge in [0, 0.05) is 12.1 Å². The molecule has 2 fully saturated rings. The van der Waals surface area contributed by atoms with Gasteiger partial charge in [0.2, 0.25) is 5.91 Å². The van der Waals surface area contributed by atoms with Gasteiger partial charge in [0.1, 0.15) is 5.60 Å². The minimum absolute atomic E-state index is 0.0227. The molecule has 1 atom stereocenters. The molecular weight excluding hydrogens is 310 g/mol. The van der Waals surface area contributed by atoms with Crippen LogP contribution in [-0.4, -0.2) is 43.9 Å². The molecule has 7 nitrogen and oxygen atoms in total. The summed E-state index contributed by atoms with van der Waals surface area (Å²) < 4.78 is 7.43. The summed E-state index contributed by atoms with van der Waals surface area (Å²) in [6.07, 6.45) is 6.75. The highest BCUT2D eigenvalue weighted by Crippen LogP contribution is 2.45. The van der Waals surface area contributed by atoms with E-state index in [-0.39, 0.29) is 30.8 Å². The monoisotopic (exact) mass is 333 g/mol. The number of nitrogens with zero attached hydrogens (tertiary/aromatic N) is 3. The number of aliphatic hydroxyl groups excluding tert-OH is 1. The summed E-state index contributed by atoms with van der Waals surface area (Å²) in [5, 5.41) is 13.4. The van der Waals surface area contributed by atoms with Crippen LogP contribution in [0.2, 0.25) is 0 Å². The molecule has 130 valence electrons. The zero-order chi connectivity index (χ0) is 16.7. The first-order valence-electron chi connectivity index (χ1n) is 8.78. The Balaban J connectivity index is 1.52. The average Bonchev–Trinajstić information content (AvgIpc) is 3.23. The predicted molar refractivity (Wildman–Crippen MR) is 83.6 cm³/mol. The Morgan fingerprint density at radius 3 is 2.88 bits per heavy atom. The molecule has 1 spiro atoms. The molecule has 0 unspecified atom stereocenters. The molecular formula is C17H23N3O4. The molecule has 24 heavy (non-hydrogen) atoms. The molecule has 1 aromatic heterocycles. The lowest BCUT2D eigenvalue weighted by molar-refractivity contribution is -0.156. The van der Waals surface area contributed by atoms with Crippen molar-refractivity contribution in [1.29, 1.82) is 0 Å². The van der Waals surface area contributed by atoms with E-state index in [0.29, 0.717) is 19.6 Å². The first kappa shape index (κ1) is 15.6. The summed E-state index contributed by atoms with van der Waals surface area (Å²) in [7, 11) is 0. The van der Waals surface area contributed by atoms with Crippen LogP contribution >= 0.6 is 0 Å². The van der Waals surface area contributed by atoms with Crippen molar-refractivity contribution in [1.82, 2.24) is 14.7 Å². The number of aliphatic hydroxyl groups is 1. The van der Waals surface area contributed by atoms with E-state index >= 15 is 0 Å². The Bertz CT molecular complexity index is 663. The van der Waals surface area contributed by atoms with E-state index in [1.165, 1.54) is 0 Å². The number of carbonyl (C=O) groups excluding carboxylic acids is 2. The van der Waals surface area contributed by atoms with E-state index in [1.807, 2.05) is 4.90 Å². The lowest BCUT2D eigenvalue weighted by Gasteiger charge is -2.37. The number of fused-ring (bicyclic) bond motifs is 1. The molecule has 0 radical (unpaired) electrons. The van der Waals surface area contributed by atoms with Gasteiger partial charge in [-0.05, 0) is 25.7 Å². The van der Waals surface area contributed by atoms with E-state index in [2.05, 4.69) is 5.10 Å². The first-order chi connectivity index (χ1) is 11.6. The highest BCUT2D eigenvalue weighted by atomic mass is 16.6. The lowest BCUT2D eigenvalue weighted by Crippen LogP contribution is -2.46. The van der Waals surface area contributed by atoms with Crippen LogP contribution in [0.3, 0.4) is 0 Å². The molecule has 3 heterocycles. The van der Waals surface area contributed by atoms with Gasteiger partial charge in [-0.2, -0.15) is 5.10 Å². The van der Waals surface area contributed by atoms with E-state index in [1.54, 1.807) is 10.9 Å². The van der Waals surface area contributed by atoms with Gasteiger partial charge in [-0.15, -0.1) is 0 Å². The third-order valence-electron chi connectivity index (χ3n) is 5.68. The van der Waals surface area contributed by atoms with Gasteiger partial charge in [0.15, 0.2) is 0 Å². The minimum atomic E-state index is -0.571. The largest absolute Gasteiger partial charge is 0.458 e. The highest BCUT2D eigenvalue weighted by molar-refractivity contribution is 5.88. The number of carbonyl (C=O) groups is 2. The van der Waals surface area contributed by atoms with E-state index in [0.717, 1.165) is 43.4 Å². The molecule has 1 saturated heterocycles. The zero-order valence-electron chi connectivity index (χ0n) is 13.7. The summed E-state index contributed by atoms with van der Waals surface area (Å²) in [6.45, 7) is 1.48. The smallest absolute Gasteiger partial charge is 0.307 e. The molecule has 0 aromatic carbocycles. The van der Waals surface area contributed by atoms with Gasteiger partial charge < -0.3 is 14.7 Å². The number of hydrogen-bond donors (Lipinski definition) is 1. The number of hydrogen-bond acceptors (Lipinski definition) is 5. The third-order valence-corrected chi connectivity index (χ3v) is 5.68. The Hall–Kier alpha value is -1.89. The van der Waals surface area contributed by atoms with Crippen molar-refractivity contribution in [2.75, 3.05) is 6.61 Å². The summed E-state index contributed by atoms with van der Waals surface area (Å²) in [5.74, 6) is -0.568. The Morgan fingerprint density at radius 2 is 2.12 bits per heavy atom. The van der Waals surface area contributed by atoms with Gasteiger partial charge in [-0.1, -0.05) is 6.42 Å². The van der Waals surface area contributed by atoms with E-state index in [4.69, 9.17) is 9.84 Å². The predicted octanol–water partition coefficient (Wildman–Crippen LogP) is 0.984. The third kappa shape index (κ3) is 2.42. The molecule has 1 amide bonds. The fourth-order valence-corrected chi connectivity index (χ4v) is 4.48. The normalized spacial score (nSPS) is 25.1. The van der Waals surface area contributed by atoms with Crippen LogP contribution < -0.4 is 0 Å². The summed E-state index contributed by atoms with van der Waals surface area (Å²) in [5.41, 5.74) is 1.44. The second kappa shape index (κ2) is 5.88. The number of amides is 1. The van der Waals surface area contributed by atoms with Gasteiger partial charge >= 0.3 is 5.97 Å². The van der Waals surface area contributed by atoms with Crippen molar-refractivity contribution in [2.24, 2.45) is 5.92 Å². The molecule has 4 rings (SSSR count). The maximum Gasteiger partial charge on any atom is 0.307 e. The van der Waals surface area contributed by atoms with Crippen LogP contribution in [0, 0.1) is 5.92 Å². The molecule has 2 aliphatic heterocycles. The number of aromatic nitrogens is 2. The van der Waals surface area contributed by atoms with Crippen LogP contribution in [0.4, 0.5) is 0 Å². The summed E-state index contributed by atoms with van der Waals surface area (Å²) in [4.78, 5) is 26.8. The Morgan fingerprint density at radius 1 is 1.33 bits per heavy atom. The lowest BCUT2D eigenvalue weighted by atomic mass is 9.75. The second-order valence-corrected chi connectivity index (χ2v) is 7.11. The molecule has 1 N–H and O–H groups in total. The minimum Gasteiger partial charge on any atom is -0.458 e. The second-order valence-electron chi connectivity index (χ2n) is 7.11. The number of ether oxygens (including phenoxy) is 1. The average molecular weight is 333 g/mol. The fraction of sp³-hybridized carbons (Fsp3) is 0.706. The van der Waals surface area contributed by atoms with Gasteiger partial charge in [-0.25, -0.2) is 0 Å².